The lowest BCUT2D eigenvalue weighted by molar-refractivity contribution is -0.139. The molecule has 0 radical (unpaired) electrons. The molecule has 26 heavy (non-hydrogen) atoms. The van der Waals surface area contributed by atoms with Crippen LogP contribution >= 0.6 is 11.3 Å². The van der Waals surface area contributed by atoms with Crippen molar-refractivity contribution in [1.82, 2.24) is 14.1 Å². The zero-order chi connectivity index (χ0) is 18.9. The molecular weight excluding hydrogens is 370 g/mol. The number of nitrogens with zero attached hydrogens (tertiary/aromatic N) is 3. The number of rotatable bonds is 4. The number of carbonyl (C=O) groups is 1. The summed E-state index contributed by atoms with van der Waals surface area (Å²) in [6.07, 6.45) is 1.18. The molecule has 0 aliphatic carbocycles. The summed E-state index contributed by atoms with van der Waals surface area (Å²) in [6, 6.07) is 3.21. The molecular formula is C18H29N3O3S2. The van der Waals surface area contributed by atoms with E-state index in [1.165, 1.54) is 22.1 Å². The zero-order valence-corrected chi connectivity index (χ0v) is 17.4. The Hall–Kier alpha value is -0.960. The Labute approximate surface area is 160 Å². The van der Waals surface area contributed by atoms with Crippen LogP contribution in [-0.2, 0) is 14.8 Å². The quantitative estimate of drug-likeness (QED) is 0.776. The molecule has 3 rings (SSSR count). The third-order valence-electron chi connectivity index (χ3n) is 5.45. The van der Waals surface area contributed by atoms with Gasteiger partial charge in [0.15, 0.2) is 0 Å². The van der Waals surface area contributed by atoms with Gasteiger partial charge < -0.3 is 4.90 Å². The molecule has 0 unspecified atom stereocenters. The first-order valence-corrected chi connectivity index (χ1v) is 11.7. The van der Waals surface area contributed by atoms with Crippen LogP contribution in [0, 0.1) is 11.8 Å². The van der Waals surface area contributed by atoms with Crippen LogP contribution in [0.1, 0.15) is 27.2 Å². The molecule has 1 aromatic heterocycles. The van der Waals surface area contributed by atoms with Gasteiger partial charge in [0, 0.05) is 39.3 Å². The fraction of sp³-hybridized carbons (Fsp3) is 0.722. The first-order chi connectivity index (χ1) is 12.3. The summed E-state index contributed by atoms with van der Waals surface area (Å²) in [5.74, 6) is 1.27. The Bertz CT molecular complexity index is 702. The maximum atomic E-state index is 12.9. The maximum absolute atomic E-state index is 12.9. The van der Waals surface area contributed by atoms with E-state index in [0.29, 0.717) is 42.2 Å². The highest BCUT2D eigenvalue weighted by molar-refractivity contribution is 7.91. The van der Waals surface area contributed by atoms with Gasteiger partial charge in [-0.3, -0.25) is 9.69 Å². The Balaban J connectivity index is 1.58. The van der Waals surface area contributed by atoms with E-state index < -0.39 is 10.0 Å². The minimum absolute atomic E-state index is 0.179. The number of piperidine rings is 1. The second kappa shape index (κ2) is 7.96. The monoisotopic (exact) mass is 399 g/mol. The molecule has 1 amide bonds. The van der Waals surface area contributed by atoms with Gasteiger partial charge in [-0.15, -0.1) is 11.3 Å². The fourth-order valence-corrected chi connectivity index (χ4v) is 6.70. The lowest BCUT2D eigenvalue weighted by Gasteiger charge is -2.41. The fourth-order valence-electron chi connectivity index (χ4n) is 4.13. The van der Waals surface area contributed by atoms with E-state index in [1.54, 1.807) is 17.5 Å². The number of thiophene rings is 1. The summed E-state index contributed by atoms with van der Waals surface area (Å²) in [5.41, 5.74) is 0. The van der Waals surface area contributed by atoms with E-state index >= 15 is 0 Å². The number of piperazine rings is 1. The summed E-state index contributed by atoms with van der Waals surface area (Å²) in [7, 11) is -3.39. The Kier molecular flexibility index (Phi) is 6.06. The summed E-state index contributed by atoms with van der Waals surface area (Å²) in [6.45, 7) is 10.1. The first-order valence-electron chi connectivity index (χ1n) is 9.35. The van der Waals surface area contributed by atoms with Crippen molar-refractivity contribution in [3.05, 3.63) is 17.5 Å². The molecule has 3 heterocycles. The molecule has 0 N–H and O–H groups in total. The number of hydrogen-bond acceptors (Lipinski definition) is 5. The molecule has 2 saturated heterocycles. The summed E-state index contributed by atoms with van der Waals surface area (Å²) < 4.78 is 27.2. The molecule has 8 heteroatoms. The first kappa shape index (κ1) is 19.8. The van der Waals surface area contributed by atoms with Crippen molar-refractivity contribution >= 4 is 27.3 Å². The summed E-state index contributed by atoms with van der Waals surface area (Å²) >= 11 is 1.25. The number of carbonyl (C=O) groups excluding carboxylic acids is 1. The Morgan fingerprint density at radius 1 is 1.15 bits per heavy atom. The van der Waals surface area contributed by atoms with Crippen molar-refractivity contribution in [3.8, 4) is 0 Å². The lowest BCUT2D eigenvalue weighted by atomic mass is 9.91. The van der Waals surface area contributed by atoms with E-state index in [4.69, 9.17) is 0 Å². The lowest BCUT2D eigenvalue weighted by Crippen LogP contribution is -2.56. The SMILES string of the molecule is C[C@@H]1C[C@@H](C)CN(C(=O)[C@@H](C)N2CCN(S(=O)(=O)c3cccs3)CC2)C1. The smallest absolute Gasteiger partial charge is 0.252 e. The molecule has 2 aliphatic heterocycles. The number of hydrogen-bond donors (Lipinski definition) is 0. The van der Waals surface area contributed by atoms with Crippen LogP contribution in [0.3, 0.4) is 0 Å². The van der Waals surface area contributed by atoms with Gasteiger partial charge in [0.2, 0.25) is 5.91 Å². The Morgan fingerprint density at radius 3 is 2.31 bits per heavy atom. The molecule has 6 nitrogen and oxygen atoms in total. The van der Waals surface area contributed by atoms with Gasteiger partial charge >= 0.3 is 0 Å². The molecule has 0 bridgehead atoms. The highest BCUT2D eigenvalue weighted by Gasteiger charge is 2.35. The summed E-state index contributed by atoms with van der Waals surface area (Å²) in [4.78, 5) is 17.0. The second-order valence-corrected chi connectivity index (χ2v) is 10.8. The number of amides is 1. The zero-order valence-electron chi connectivity index (χ0n) is 15.8. The standard InChI is InChI=1S/C18H29N3O3S2/c1-14-11-15(2)13-20(12-14)18(22)16(3)19-6-8-21(9-7-19)26(23,24)17-5-4-10-25-17/h4-5,10,14-16H,6-9,11-13H2,1-3H3/t14-,15-,16-/m1/s1. The van der Waals surface area contributed by atoms with Gasteiger partial charge in [0.25, 0.3) is 10.0 Å². The molecule has 0 saturated carbocycles. The maximum Gasteiger partial charge on any atom is 0.252 e. The molecule has 0 spiro atoms. The van der Waals surface area contributed by atoms with E-state index in [2.05, 4.69) is 18.7 Å². The van der Waals surface area contributed by atoms with Crippen LogP contribution in [0.25, 0.3) is 0 Å². The number of likely N-dealkylation sites (tertiary alicyclic amines) is 1. The molecule has 3 atom stereocenters. The average Bonchev–Trinajstić information content (AvgIpc) is 3.15. The van der Waals surface area contributed by atoms with Crippen LogP contribution in [0.4, 0.5) is 0 Å². The highest BCUT2D eigenvalue weighted by atomic mass is 32.2. The molecule has 2 aliphatic rings. The van der Waals surface area contributed by atoms with Gasteiger partial charge in [-0.2, -0.15) is 4.31 Å². The largest absolute Gasteiger partial charge is 0.341 e. The van der Waals surface area contributed by atoms with Crippen LogP contribution in [0.5, 0.6) is 0 Å². The van der Waals surface area contributed by atoms with Gasteiger partial charge in [-0.25, -0.2) is 8.42 Å². The summed E-state index contributed by atoms with van der Waals surface area (Å²) in [5, 5.41) is 1.78. The minimum Gasteiger partial charge on any atom is -0.341 e. The minimum atomic E-state index is -3.39. The normalized spacial score (nSPS) is 27.4. The molecule has 2 fully saturated rings. The van der Waals surface area contributed by atoms with Crippen molar-refractivity contribution in [2.75, 3.05) is 39.3 Å². The van der Waals surface area contributed by atoms with Crippen LogP contribution in [0.2, 0.25) is 0 Å². The van der Waals surface area contributed by atoms with E-state index in [-0.39, 0.29) is 11.9 Å². The van der Waals surface area contributed by atoms with Crippen molar-refractivity contribution in [2.24, 2.45) is 11.8 Å². The molecule has 1 aromatic rings. The van der Waals surface area contributed by atoms with E-state index in [9.17, 15) is 13.2 Å². The average molecular weight is 400 g/mol. The van der Waals surface area contributed by atoms with Crippen LogP contribution in [0.15, 0.2) is 21.7 Å². The molecule has 0 aromatic carbocycles. The van der Waals surface area contributed by atoms with Gasteiger partial charge in [0.1, 0.15) is 4.21 Å². The highest BCUT2D eigenvalue weighted by Crippen LogP contribution is 2.24. The molecule has 146 valence electrons. The van der Waals surface area contributed by atoms with Crippen LogP contribution in [-0.4, -0.2) is 73.7 Å². The van der Waals surface area contributed by atoms with Crippen molar-refractivity contribution in [1.29, 1.82) is 0 Å². The topological polar surface area (TPSA) is 60.9 Å². The van der Waals surface area contributed by atoms with Gasteiger partial charge in [-0.1, -0.05) is 19.9 Å². The Morgan fingerprint density at radius 2 is 1.77 bits per heavy atom. The van der Waals surface area contributed by atoms with E-state index in [0.717, 1.165) is 13.1 Å². The van der Waals surface area contributed by atoms with Crippen molar-refractivity contribution in [3.63, 3.8) is 0 Å². The van der Waals surface area contributed by atoms with Gasteiger partial charge in [0.05, 0.1) is 6.04 Å². The van der Waals surface area contributed by atoms with E-state index in [1.807, 2.05) is 11.8 Å². The number of sulfonamides is 1. The van der Waals surface area contributed by atoms with Crippen LogP contribution < -0.4 is 0 Å². The predicted octanol–water partition coefficient (Wildman–Crippen LogP) is 1.95. The van der Waals surface area contributed by atoms with Crippen molar-refractivity contribution in [2.45, 2.75) is 37.4 Å². The van der Waals surface area contributed by atoms with Gasteiger partial charge in [-0.05, 0) is 36.6 Å². The second-order valence-electron chi connectivity index (χ2n) is 7.74. The third-order valence-corrected chi connectivity index (χ3v) is 8.72. The van der Waals surface area contributed by atoms with Crippen molar-refractivity contribution < 1.29 is 13.2 Å². The predicted molar refractivity (Wildman–Crippen MR) is 104 cm³/mol. The third kappa shape index (κ3) is 4.13.